The van der Waals surface area contributed by atoms with Crippen LogP contribution in [0.1, 0.15) is 28.8 Å². The van der Waals surface area contributed by atoms with Crippen molar-refractivity contribution in [1.82, 2.24) is 4.57 Å². The molecule has 1 unspecified atom stereocenters. The molecule has 1 atom stereocenters. The highest BCUT2D eigenvalue weighted by Gasteiger charge is 2.18. The van der Waals surface area contributed by atoms with Crippen molar-refractivity contribution < 1.29 is 14.6 Å². The van der Waals surface area contributed by atoms with Gasteiger partial charge in [-0.05, 0) is 37.5 Å². The molecule has 1 saturated heterocycles. The van der Waals surface area contributed by atoms with Gasteiger partial charge in [0, 0.05) is 30.3 Å². The van der Waals surface area contributed by atoms with Gasteiger partial charge in [0.15, 0.2) is 0 Å². The lowest BCUT2D eigenvalue weighted by Crippen LogP contribution is -2.14. The molecule has 1 N–H and O–H groups in total. The molecule has 1 fully saturated rings. The molecule has 1 aliphatic heterocycles. The van der Waals surface area contributed by atoms with E-state index in [0.717, 1.165) is 36.9 Å². The van der Waals surface area contributed by atoms with E-state index in [1.807, 2.05) is 6.07 Å². The van der Waals surface area contributed by atoms with Crippen LogP contribution in [-0.4, -0.2) is 28.4 Å². The van der Waals surface area contributed by atoms with E-state index in [2.05, 4.69) is 17.7 Å². The molecular formula is C15H17NO3. The standard InChI is InChI=1S/C15H17NO3/c1-10-8-16(9-12-3-2-6-19-12)14-7-11(15(17)18)4-5-13(10)14/h4-5,7-8,12H,2-3,6,9H2,1H3,(H,17,18). The fraction of sp³-hybridized carbons (Fsp3) is 0.400. The topological polar surface area (TPSA) is 51.5 Å². The highest BCUT2D eigenvalue weighted by atomic mass is 16.5. The summed E-state index contributed by atoms with van der Waals surface area (Å²) >= 11 is 0. The average Bonchev–Trinajstić information content (AvgIpc) is 2.99. The monoisotopic (exact) mass is 259 g/mol. The van der Waals surface area contributed by atoms with E-state index in [-0.39, 0.29) is 6.10 Å². The fourth-order valence-corrected chi connectivity index (χ4v) is 2.77. The number of benzene rings is 1. The molecule has 0 amide bonds. The van der Waals surface area contributed by atoms with Crippen LogP contribution in [0.5, 0.6) is 0 Å². The van der Waals surface area contributed by atoms with Crippen LogP contribution in [0.25, 0.3) is 10.9 Å². The number of ether oxygens (including phenoxy) is 1. The van der Waals surface area contributed by atoms with E-state index in [4.69, 9.17) is 9.84 Å². The van der Waals surface area contributed by atoms with Crippen LogP contribution in [-0.2, 0) is 11.3 Å². The number of hydrogen-bond donors (Lipinski definition) is 1. The highest BCUT2D eigenvalue weighted by molar-refractivity contribution is 5.94. The summed E-state index contributed by atoms with van der Waals surface area (Å²) in [6.45, 7) is 3.69. The minimum absolute atomic E-state index is 0.253. The second-order valence-corrected chi connectivity index (χ2v) is 5.14. The summed E-state index contributed by atoms with van der Waals surface area (Å²) < 4.78 is 7.77. The van der Waals surface area contributed by atoms with E-state index in [0.29, 0.717) is 5.56 Å². The van der Waals surface area contributed by atoms with Gasteiger partial charge < -0.3 is 14.4 Å². The van der Waals surface area contributed by atoms with E-state index in [1.54, 1.807) is 12.1 Å². The van der Waals surface area contributed by atoms with E-state index >= 15 is 0 Å². The van der Waals surface area contributed by atoms with Gasteiger partial charge in [-0.2, -0.15) is 0 Å². The van der Waals surface area contributed by atoms with Crippen molar-refractivity contribution in [3.05, 3.63) is 35.5 Å². The summed E-state index contributed by atoms with van der Waals surface area (Å²) in [5.74, 6) is -0.885. The first kappa shape index (κ1) is 12.2. The molecule has 4 nitrogen and oxygen atoms in total. The molecule has 0 spiro atoms. The maximum Gasteiger partial charge on any atom is 0.335 e. The molecule has 2 heterocycles. The molecule has 19 heavy (non-hydrogen) atoms. The number of rotatable bonds is 3. The Labute approximate surface area is 111 Å². The van der Waals surface area contributed by atoms with Gasteiger partial charge in [0.25, 0.3) is 0 Å². The van der Waals surface area contributed by atoms with Gasteiger partial charge in [-0.25, -0.2) is 4.79 Å². The lowest BCUT2D eigenvalue weighted by Gasteiger charge is -2.11. The Morgan fingerprint density at radius 1 is 1.53 bits per heavy atom. The number of aryl methyl sites for hydroxylation is 1. The maximum absolute atomic E-state index is 11.1. The van der Waals surface area contributed by atoms with Crippen molar-refractivity contribution in [1.29, 1.82) is 0 Å². The highest BCUT2D eigenvalue weighted by Crippen LogP contribution is 2.24. The quantitative estimate of drug-likeness (QED) is 0.922. The smallest absolute Gasteiger partial charge is 0.335 e. The third-order valence-electron chi connectivity index (χ3n) is 3.75. The van der Waals surface area contributed by atoms with Crippen molar-refractivity contribution in [2.24, 2.45) is 0 Å². The van der Waals surface area contributed by atoms with Gasteiger partial charge in [-0.3, -0.25) is 0 Å². The third-order valence-corrected chi connectivity index (χ3v) is 3.75. The normalized spacial score (nSPS) is 19.1. The summed E-state index contributed by atoms with van der Waals surface area (Å²) in [4.78, 5) is 11.1. The Hall–Kier alpha value is -1.81. The number of aromatic nitrogens is 1. The molecule has 2 aromatic rings. The predicted octanol–water partition coefficient (Wildman–Crippen LogP) is 2.83. The van der Waals surface area contributed by atoms with E-state index in [9.17, 15) is 4.79 Å². The number of carboxylic acids is 1. The van der Waals surface area contributed by atoms with E-state index in [1.165, 1.54) is 5.56 Å². The second kappa shape index (κ2) is 4.70. The van der Waals surface area contributed by atoms with Gasteiger partial charge in [0.2, 0.25) is 0 Å². The van der Waals surface area contributed by atoms with Crippen LogP contribution in [0.2, 0.25) is 0 Å². The summed E-state index contributed by atoms with van der Waals surface area (Å²) in [6, 6.07) is 5.30. The Morgan fingerprint density at radius 3 is 3.05 bits per heavy atom. The summed E-state index contributed by atoms with van der Waals surface area (Å²) in [5, 5.41) is 10.2. The molecule has 0 bridgehead atoms. The molecule has 1 aromatic carbocycles. The molecule has 0 radical (unpaired) electrons. The van der Waals surface area contributed by atoms with Crippen LogP contribution in [0.3, 0.4) is 0 Å². The summed E-state index contributed by atoms with van der Waals surface area (Å²) in [5.41, 5.74) is 2.48. The number of fused-ring (bicyclic) bond motifs is 1. The molecule has 3 rings (SSSR count). The van der Waals surface area contributed by atoms with Gasteiger partial charge in [-0.1, -0.05) is 6.07 Å². The molecule has 4 heteroatoms. The largest absolute Gasteiger partial charge is 0.478 e. The number of carboxylic acid groups (broad SMARTS) is 1. The predicted molar refractivity (Wildman–Crippen MR) is 72.6 cm³/mol. The van der Waals surface area contributed by atoms with Crippen LogP contribution in [0.15, 0.2) is 24.4 Å². The summed E-state index contributed by atoms with van der Waals surface area (Å²) in [7, 11) is 0. The maximum atomic E-state index is 11.1. The SMILES string of the molecule is Cc1cn(CC2CCCO2)c2cc(C(=O)O)ccc12. The number of carbonyl (C=O) groups is 1. The molecule has 0 aliphatic carbocycles. The van der Waals surface area contributed by atoms with Crippen molar-refractivity contribution >= 4 is 16.9 Å². The van der Waals surface area contributed by atoms with Crippen molar-refractivity contribution in [2.45, 2.75) is 32.4 Å². The molecular weight excluding hydrogens is 242 g/mol. The molecule has 1 aromatic heterocycles. The summed E-state index contributed by atoms with van der Waals surface area (Å²) in [6.07, 6.45) is 4.53. The lowest BCUT2D eigenvalue weighted by atomic mass is 10.1. The lowest BCUT2D eigenvalue weighted by molar-refractivity contribution is 0.0697. The zero-order valence-electron chi connectivity index (χ0n) is 10.9. The van der Waals surface area contributed by atoms with Gasteiger partial charge in [0.1, 0.15) is 0 Å². The first-order chi connectivity index (χ1) is 9.15. The first-order valence-electron chi connectivity index (χ1n) is 6.59. The number of hydrogen-bond acceptors (Lipinski definition) is 2. The van der Waals surface area contributed by atoms with Crippen LogP contribution >= 0.6 is 0 Å². The van der Waals surface area contributed by atoms with Crippen LogP contribution < -0.4 is 0 Å². The molecule has 1 aliphatic rings. The fourth-order valence-electron chi connectivity index (χ4n) is 2.77. The minimum atomic E-state index is -0.885. The van der Waals surface area contributed by atoms with Crippen LogP contribution in [0.4, 0.5) is 0 Å². The Bertz CT molecular complexity index is 624. The average molecular weight is 259 g/mol. The van der Waals surface area contributed by atoms with Gasteiger partial charge >= 0.3 is 5.97 Å². The van der Waals surface area contributed by atoms with Crippen molar-refractivity contribution in [3.63, 3.8) is 0 Å². The van der Waals surface area contributed by atoms with E-state index < -0.39 is 5.97 Å². The zero-order valence-corrected chi connectivity index (χ0v) is 10.9. The third kappa shape index (κ3) is 2.24. The Morgan fingerprint density at radius 2 is 2.37 bits per heavy atom. The van der Waals surface area contributed by atoms with Crippen LogP contribution in [0, 0.1) is 6.92 Å². The molecule has 100 valence electrons. The molecule has 0 saturated carbocycles. The van der Waals surface area contributed by atoms with Gasteiger partial charge in [0.05, 0.1) is 11.7 Å². The first-order valence-corrected chi connectivity index (χ1v) is 6.59. The Balaban J connectivity index is 2.02. The minimum Gasteiger partial charge on any atom is -0.478 e. The van der Waals surface area contributed by atoms with Crippen molar-refractivity contribution in [3.8, 4) is 0 Å². The number of aromatic carboxylic acids is 1. The van der Waals surface area contributed by atoms with Crippen molar-refractivity contribution in [2.75, 3.05) is 6.61 Å². The Kier molecular flexibility index (Phi) is 3.03. The van der Waals surface area contributed by atoms with Gasteiger partial charge in [-0.15, -0.1) is 0 Å². The zero-order chi connectivity index (χ0) is 13.4. The number of nitrogens with zero attached hydrogens (tertiary/aromatic N) is 1. The second-order valence-electron chi connectivity index (χ2n) is 5.14.